The number of rotatable bonds is 6. The van der Waals surface area contributed by atoms with Crippen LogP contribution in [0, 0.1) is 5.82 Å². The van der Waals surface area contributed by atoms with E-state index in [0.29, 0.717) is 26.2 Å². The average molecular weight is 429 g/mol. The molecule has 0 atom stereocenters. The highest BCUT2D eigenvalue weighted by molar-refractivity contribution is 8.00. The smallest absolute Gasteiger partial charge is 0.316 e. The van der Waals surface area contributed by atoms with Crippen LogP contribution in [0.2, 0.25) is 0 Å². The summed E-state index contributed by atoms with van der Waals surface area (Å²) in [6.07, 6.45) is 3.45. The van der Waals surface area contributed by atoms with Crippen LogP contribution >= 0.6 is 11.8 Å². The summed E-state index contributed by atoms with van der Waals surface area (Å²) in [6, 6.07) is 12.7. The molecule has 5 nitrogen and oxygen atoms in total. The van der Waals surface area contributed by atoms with Crippen LogP contribution in [0.25, 0.3) is 0 Å². The highest BCUT2D eigenvalue weighted by atomic mass is 32.2. The lowest BCUT2D eigenvalue weighted by atomic mass is 10.1. The van der Waals surface area contributed by atoms with E-state index in [-0.39, 0.29) is 30.1 Å². The lowest BCUT2D eigenvalue weighted by Crippen LogP contribution is -2.50. The average Bonchev–Trinajstić information content (AvgIpc) is 3.24. The predicted molar refractivity (Wildman–Crippen MR) is 115 cm³/mol. The molecule has 0 saturated carbocycles. The minimum Gasteiger partial charge on any atom is -0.455 e. The highest BCUT2D eigenvalue weighted by Crippen LogP contribution is 2.27. The van der Waals surface area contributed by atoms with Crippen molar-refractivity contribution in [3.8, 4) is 0 Å². The summed E-state index contributed by atoms with van der Waals surface area (Å²) in [6.45, 7) is 2.22. The summed E-state index contributed by atoms with van der Waals surface area (Å²) in [5, 5.41) is 0. The first-order valence-electron chi connectivity index (χ1n) is 10.3. The number of ether oxygens (including phenoxy) is 1. The van der Waals surface area contributed by atoms with Crippen molar-refractivity contribution in [3.63, 3.8) is 0 Å². The molecule has 7 heteroatoms. The van der Waals surface area contributed by atoms with Crippen molar-refractivity contribution in [2.24, 2.45) is 0 Å². The monoisotopic (exact) mass is 428 g/mol. The zero-order chi connectivity index (χ0) is 20.9. The fourth-order valence-corrected chi connectivity index (χ4v) is 4.68. The standard InChI is InChI=1S/C23H25FN2O3S/c24-19-5-7-20(8-6-19)25-10-12-26(13-11-25)22(27)15-29-23(28)16-30-21-9-4-17-2-1-3-18(17)14-21/h4-9,14H,1-3,10-13,15-16H2. The lowest BCUT2D eigenvalue weighted by molar-refractivity contribution is -0.150. The third-order valence-corrected chi connectivity index (χ3v) is 6.57. The van der Waals surface area contributed by atoms with E-state index in [1.165, 1.54) is 41.4 Å². The highest BCUT2D eigenvalue weighted by Gasteiger charge is 2.22. The second-order valence-electron chi connectivity index (χ2n) is 7.58. The molecule has 1 saturated heterocycles. The molecule has 2 aromatic carbocycles. The number of carbonyl (C=O) groups excluding carboxylic acids is 2. The van der Waals surface area contributed by atoms with Gasteiger partial charge in [0.2, 0.25) is 0 Å². The number of esters is 1. The van der Waals surface area contributed by atoms with E-state index in [1.54, 1.807) is 17.0 Å². The van der Waals surface area contributed by atoms with Crippen LogP contribution < -0.4 is 4.90 Å². The molecule has 0 spiro atoms. The summed E-state index contributed by atoms with van der Waals surface area (Å²) in [4.78, 5) is 29.3. The summed E-state index contributed by atoms with van der Waals surface area (Å²) >= 11 is 1.45. The van der Waals surface area contributed by atoms with Crippen LogP contribution in [-0.4, -0.2) is 55.3 Å². The molecule has 0 radical (unpaired) electrons. The lowest BCUT2D eigenvalue weighted by Gasteiger charge is -2.36. The van der Waals surface area contributed by atoms with Crippen molar-refractivity contribution in [2.45, 2.75) is 24.2 Å². The molecule has 0 N–H and O–H groups in total. The van der Waals surface area contributed by atoms with Gasteiger partial charge in [-0.3, -0.25) is 9.59 Å². The van der Waals surface area contributed by atoms with E-state index in [4.69, 9.17) is 4.74 Å². The zero-order valence-electron chi connectivity index (χ0n) is 16.8. The molecule has 1 amide bonds. The van der Waals surface area contributed by atoms with Gasteiger partial charge in [0, 0.05) is 36.8 Å². The Morgan fingerprint density at radius 2 is 1.70 bits per heavy atom. The number of amides is 1. The Labute approximate surface area is 180 Å². The minimum absolute atomic E-state index is 0.176. The van der Waals surface area contributed by atoms with Gasteiger partial charge in [0.15, 0.2) is 6.61 Å². The Hall–Kier alpha value is -2.54. The molecule has 2 aliphatic rings. The Bertz CT molecular complexity index is 911. The second-order valence-corrected chi connectivity index (χ2v) is 8.63. The SMILES string of the molecule is O=C(CSc1ccc2c(c1)CCC2)OCC(=O)N1CCN(c2ccc(F)cc2)CC1. The van der Waals surface area contributed by atoms with Crippen LogP contribution in [0.15, 0.2) is 47.4 Å². The molecule has 1 aliphatic heterocycles. The number of hydrogen-bond acceptors (Lipinski definition) is 5. The third-order valence-electron chi connectivity index (χ3n) is 5.61. The van der Waals surface area contributed by atoms with E-state index in [2.05, 4.69) is 17.0 Å². The number of thioether (sulfide) groups is 1. The number of fused-ring (bicyclic) bond motifs is 1. The molecule has 0 aromatic heterocycles. The fourth-order valence-electron chi connectivity index (χ4n) is 3.92. The van der Waals surface area contributed by atoms with Gasteiger partial charge in [0.05, 0.1) is 5.75 Å². The molecule has 2 aromatic rings. The second kappa shape index (κ2) is 9.51. The van der Waals surface area contributed by atoms with E-state index in [1.807, 2.05) is 6.07 Å². The van der Waals surface area contributed by atoms with Gasteiger partial charge in [0.25, 0.3) is 5.91 Å². The normalized spacial score (nSPS) is 15.8. The van der Waals surface area contributed by atoms with Crippen LogP contribution in [0.5, 0.6) is 0 Å². The van der Waals surface area contributed by atoms with Crippen LogP contribution in [0.1, 0.15) is 17.5 Å². The van der Waals surface area contributed by atoms with E-state index < -0.39 is 0 Å². The van der Waals surface area contributed by atoms with E-state index in [0.717, 1.165) is 23.4 Å². The minimum atomic E-state index is -0.376. The first-order chi connectivity index (χ1) is 14.6. The molecular weight excluding hydrogens is 403 g/mol. The Morgan fingerprint density at radius 1 is 0.967 bits per heavy atom. The maximum absolute atomic E-state index is 13.1. The van der Waals surface area contributed by atoms with Gasteiger partial charge in [-0.05, 0) is 66.8 Å². The Morgan fingerprint density at radius 3 is 2.47 bits per heavy atom. The largest absolute Gasteiger partial charge is 0.455 e. The molecule has 1 fully saturated rings. The van der Waals surface area contributed by atoms with Gasteiger partial charge in [-0.25, -0.2) is 4.39 Å². The van der Waals surface area contributed by atoms with Gasteiger partial charge >= 0.3 is 5.97 Å². The molecule has 0 unspecified atom stereocenters. The van der Waals surface area contributed by atoms with Crippen molar-refractivity contribution in [3.05, 3.63) is 59.4 Å². The number of benzene rings is 2. The topological polar surface area (TPSA) is 49.9 Å². The van der Waals surface area contributed by atoms with Crippen molar-refractivity contribution in [1.82, 2.24) is 4.90 Å². The predicted octanol–water partition coefficient (Wildman–Crippen LogP) is 3.30. The number of anilines is 1. The molecule has 158 valence electrons. The van der Waals surface area contributed by atoms with Gasteiger partial charge in [-0.1, -0.05) is 6.07 Å². The molecule has 0 bridgehead atoms. The zero-order valence-corrected chi connectivity index (χ0v) is 17.6. The first-order valence-corrected chi connectivity index (χ1v) is 11.3. The summed E-state index contributed by atoms with van der Waals surface area (Å²) in [5.41, 5.74) is 3.73. The number of nitrogens with zero attached hydrogens (tertiary/aromatic N) is 2. The van der Waals surface area contributed by atoms with Gasteiger partial charge < -0.3 is 14.5 Å². The maximum atomic E-state index is 13.1. The molecular formula is C23H25FN2O3S. The van der Waals surface area contributed by atoms with Crippen molar-refractivity contribution in [1.29, 1.82) is 0 Å². The van der Waals surface area contributed by atoms with Gasteiger partial charge in [0.1, 0.15) is 5.82 Å². The van der Waals surface area contributed by atoms with Gasteiger partial charge in [-0.2, -0.15) is 0 Å². The first kappa shape index (κ1) is 20.7. The number of piperazine rings is 1. The van der Waals surface area contributed by atoms with Gasteiger partial charge in [-0.15, -0.1) is 11.8 Å². The van der Waals surface area contributed by atoms with Crippen molar-refractivity contribution >= 4 is 29.3 Å². The third kappa shape index (κ3) is 5.14. The molecule has 1 aliphatic carbocycles. The number of carbonyl (C=O) groups is 2. The quantitative estimate of drug-likeness (QED) is 0.522. The fraction of sp³-hybridized carbons (Fsp3) is 0.391. The molecule has 4 rings (SSSR count). The van der Waals surface area contributed by atoms with Crippen LogP contribution in [-0.2, 0) is 27.2 Å². The number of halogens is 1. The van der Waals surface area contributed by atoms with Crippen LogP contribution in [0.3, 0.4) is 0 Å². The van der Waals surface area contributed by atoms with E-state index >= 15 is 0 Å². The Kier molecular flexibility index (Phi) is 6.57. The van der Waals surface area contributed by atoms with E-state index in [9.17, 15) is 14.0 Å². The summed E-state index contributed by atoms with van der Waals surface area (Å²) < 4.78 is 18.3. The number of hydrogen-bond donors (Lipinski definition) is 0. The number of aryl methyl sites for hydroxylation is 2. The van der Waals surface area contributed by atoms with Crippen LogP contribution in [0.4, 0.5) is 10.1 Å². The Balaban J connectivity index is 1.17. The molecule has 1 heterocycles. The summed E-state index contributed by atoms with van der Waals surface area (Å²) in [7, 11) is 0. The maximum Gasteiger partial charge on any atom is 0.316 e. The molecule has 30 heavy (non-hydrogen) atoms. The van der Waals surface area contributed by atoms with Crippen molar-refractivity contribution in [2.75, 3.05) is 43.4 Å². The summed E-state index contributed by atoms with van der Waals surface area (Å²) in [5.74, 6) is -0.614. The van der Waals surface area contributed by atoms with Crippen molar-refractivity contribution < 1.29 is 18.7 Å².